The minimum absolute atomic E-state index is 0.138. The Balaban J connectivity index is 2.04. The van der Waals surface area contributed by atoms with Gasteiger partial charge in [0.2, 0.25) is 0 Å². The summed E-state index contributed by atoms with van der Waals surface area (Å²) in [4.78, 5) is 2.45. The second-order valence-corrected chi connectivity index (χ2v) is 8.42. The lowest BCUT2D eigenvalue weighted by Crippen LogP contribution is -2.48. The highest BCUT2D eigenvalue weighted by atomic mass is 32.2. The lowest BCUT2D eigenvalue weighted by molar-refractivity contribution is 0.183. The predicted molar refractivity (Wildman–Crippen MR) is 79.2 cm³/mol. The molecule has 0 bridgehead atoms. The summed E-state index contributed by atoms with van der Waals surface area (Å²) in [6, 6.07) is 0.810. The molecule has 1 aliphatic carbocycles. The van der Waals surface area contributed by atoms with Gasteiger partial charge in [0.15, 0.2) is 9.84 Å². The standard InChI is InChI=1S/C14H28N2O2S/c1-3-10-16(11-12-6-5-9-15-12)13-7-4-8-14(13)19(2,17)18/h12-15H,3-11H2,1-2H3. The van der Waals surface area contributed by atoms with Gasteiger partial charge in [0.1, 0.15) is 0 Å². The van der Waals surface area contributed by atoms with Gasteiger partial charge in [-0.25, -0.2) is 8.42 Å². The lowest BCUT2D eigenvalue weighted by Gasteiger charge is -2.34. The number of nitrogens with zero attached hydrogens (tertiary/aromatic N) is 1. The first-order valence-corrected chi connectivity index (χ1v) is 9.64. The van der Waals surface area contributed by atoms with Gasteiger partial charge in [-0.15, -0.1) is 0 Å². The van der Waals surface area contributed by atoms with Crippen molar-refractivity contribution in [1.82, 2.24) is 10.2 Å². The van der Waals surface area contributed by atoms with Crippen molar-refractivity contribution in [1.29, 1.82) is 0 Å². The zero-order chi connectivity index (χ0) is 13.9. The van der Waals surface area contributed by atoms with E-state index in [0.717, 1.165) is 45.3 Å². The van der Waals surface area contributed by atoms with Gasteiger partial charge in [0, 0.05) is 24.9 Å². The zero-order valence-corrected chi connectivity index (χ0v) is 13.1. The smallest absolute Gasteiger partial charge is 0.151 e. The molecule has 2 aliphatic rings. The average Bonchev–Trinajstić information content (AvgIpc) is 2.98. The van der Waals surface area contributed by atoms with E-state index in [2.05, 4.69) is 17.1 Å². The van der Waals surface area contributed by atoms with Crippen LogP contribution in [0.1, 0.15) is 45.4 Å². The Labute approximate surface area is 117 Å². The van der Waals surface area contributed by atoms with Crippen LogP contribution in [0.2, 0.25) is 0 Å². The topological polar surface area (TPSA) is 49.4 Å². The Kier molecular flexibility index (Phi) is 5.26. The molecular formula is C14H28N2O2S. The van der Waals surface area contributed by atoms with Gasteiger partial charge in [0.25, 0.3) is 0 Å². The van der Waals surface area contributed by atoms with Crippen molar-refractivity contribution >= 4 is 9.84 Å². The summed E-state index contributed by atoms with van der Waals surface area (Å²) < 4.78 is 23.9. The van der Waals surface area contributed by atoms with Crippen molar-refractivity contribution in [3.05, 3.63) is 0 Å². The van der Waals surface area contributed by atoms with E-state index in [-0.39, 0.29) is 11.3 Å². The van der Waals surface area contributed by atoms with Crippen molar-refractivity contribution in [3.63, 3.8) is 0 Å². The molecule has 19 heavy (non-hydrogen) atoms. The SMILES string of the molecule is CCCN(CC1CCCN1)C1CCCC1S(C)(=O)=O. The quantitative estimate of drug-likeness (QED) is 0.803. The first kappa shape index (κ1) is 15.3. The van der Waals surface area contributed by atoms with Gasteiger partial charge in [-0.05, 0) is 45.2 Å². The molecule has 1 aliphatic heterocycles. The third-order valence-corrected chi connectivity index (χ3v) is 6.21. The van der Waals surface area contributed by atoms with Crippen LogP contribution in [-0.4, -0.2) is 56.5 Å². The maximum Gasteiger partial charge on any atom is 0.151 e. The highest BCUT2D eigenvalue weighted by molar-refractivity contribution is 7.91. The fourth-order valence-electron chi connectivity index (χ4n) is 3.70. The van der Waals surface area contributed by atoms with Gasteiger partial charge >= 0.3 is 0 Å². The minimum atomic E-state index is -2.91. The molecule has 0 aromatic heterocycles. The third kappa shape index (κ3) is 3.92. The van der Waals surface area contributed by atoms with Crippen LogP contribution < -0.4 is 5.32 Å². The second kappa shape index (κ2) is 6.55. The molecule has 0 radical (unpaired) electrons. The van der Waals surface area contributed by atoms with Crippen molar-refractivity contribution in [2.24, 2.45) is 0 Å². The van der Waals surface area contributed by atoms with E-state index in [1.807, 2.05) is 0 Å². The molecule has 0 amide bonds. The van der Waals surface area contributed by atoms with Gasteiger partial charge in [-0.2, -0.15) is 0 Å². The lowest BCUT2D eigenvalue weighted by atomic mass is 10.1. The molecule has 3 unspecified atom stereocenters. The van der Waals surface area contributed by atoms with Crippen LogP contribution in [0.15, 0.2) is 0 Å². The van der Waals surface area contributed by atoms with Crippen molar-refractivity contribution in [2.45, 2.75) is 62.8 Å². The van der Waals surface area contributed by atoms with Crippen LogP contribution in [0.4, 0.5) is 0 Å². The maximum atomic E-state index is 11.9. The summed E-state index contributed by atoms with van der Waals surface area (Å²) in [5.74, 6) is 0. The molecule has 112 valence electrons. The largest absolute Gasteiger partial charge is 0.313 e. The second-order valence-electron chi connectivity index (χ2n) is 6.15. The first-order chi connectivity index (χ1) is 9.02. The van der Waals surface area contributed by atoms with Gasteiger partial charge in [0.05, 0.1) is 5.25 Å². The van der Waals surface area contributed by atoms with Crippen LogP contribution in [0.3, 0.4) is 0 Å². The number of rotatable bonds is 6. The molecule has 1 heterocycles. The van der Waals surface area contributed by atoms with Gasteiger partial charge in [-0.3, -0.25) is 4.90 Å². The molecule has 2 rings (SSSR count). The molecule has 1 N–H and O–H groups in total. The molecule has 4 nitrogen and oxygen atoms in total. The molecule has 1 saturated carbocycles. The Morgan fingerprint density at radius 2 is 2.00 bits per heavy atom. The Hall–Kier alpha value is -0.130. The van der Waals surface area contributed by atoms with Crippen molar-refractivity contribution in [2.75, 3.05) is 25.9 Å². The van der Waals surface area contributed by atoms with Crippen molar-refractivity contribution < 1.29 is 8.42 Å². The molecule has 2 fully saturated rings. The Bertz CT molecular complexity index is 377. The van der Waals surface area contributed by atoms with Crippen LogP contribution in [0, 0.1) is 0 Å². The summed E-state index contributed by atoms with van der Waals surface area (Å²) in [5.41, 5.74) is 0. The number of sulfone groups is 1. The Morgan fingerprint density at radius 3 is 2.58 bits per heavy atom. The number of hydrogen-bond donors (Lipinski definition) is 1. The van der Waals surface area contributed by atoms with E-state index in [1.165, 1.54) is 19.1 Å². The highest BCUT2D eigenvalue weighted by Gasteiger charge is 2.38. The normalized spacial score (nSPS) is 32.3. The summed E-state index contributed by atoms with van der Waals surface area (Å²) in [7, 11) is -2.91. The van der Waals surface area contributed by atoms with Crippen molar-refractivity contribution in [3.8, 4) is 0 Å². The predicted octanol–water partition coefficient (Wildman–Crippen LogP) is 1.42. The number of nitrogens with one attached hydrogen (secondary N) is 1. The molecule has 0 spiro atoms. The van der Waals surface area contributed by atoms with Gasteiger partial charge in [-0.1, -0.05) is 13.3 Å². The Morgan fingerprint density at radius 1 is 1.21 bits per heavy atom. The number of hydrogen-bond acceptors (Lipinski definition) is 4. The summed E-state index contributed by atoms with van der Waals surface area (Å²) in [5, 5.41) is 3.39. The minimum Gasteiger partial charge on any atom is -0.313 e. The van der Waals surface area contributed by atoms with E-state index in [1.54, 1.807) is 0 Å². The molecule has 5 heteroatoms. The summed E-state index contributed by atoms with van der Waals surface area (Å²) >= 11 is 0. The fraction of sp³-hybridized carbons (Fsp3) is 1.00. The van der Waals surface area contributed by atoms with Crippen LogP contribution in [0.25, 0.3) is 0 Å². The van der Waals surface area contributed by atoms with E-state index in [9.17, 15) is 8.42 Å². The molecule has 0 aromatic carbocycles. The average molecular weight is 288 g/mol. The van der Waals surface area contributed by atoms with E-state index < -0.39 is 9.84 Å². The molecular weight excluding hydrogens is 260 g/mol. The third-order valence-electron chi connectivity index (χ3n) is 4.56. The first-order valence-electron chi connectivity index (χ1n) is 7.68. The van der Waals surface area contributed by atoms with Crippen LogP contribution in [-0.2, 0) is 9.84 Å². The van der Waals surface area contributed by atoms with Crippen LogP contribution in [0.5, 0.6) is 0 Å². The summed E-state index contributed by atoms with van der Waals surface area (Å²) in [6.07, 6.45) is 7.95. The molecule has 3 atom stereocenters. The van der Waals surface area contributed by atoms with Gasteiger partial charge < -0.3 is 5.32 Å². The fourth-order valence-corrected chi connectivity index (χ4v) is 5.17. The summed E-state index contributed by atoms with van der Waals surface area (Å²) in [6.45, 7) is 5.34. The van der Waals surface area contributed by atoms with E-state index in [4.69, 9.17) is 0 Å². The highest BCUT2D eigenvalue weighted by Crippen LogP contribution is 2.30. The van der Waals surface area contributed by atoms with Crippen LogP contribution >= 0.6 is 0 Å². The molecule has 0 aromatic rings. The molecule has 1 saturated heterocycles. The van der Waals surface area contributed by atoms with E-state index in [0.29, 0.717) is 6.04 Å². The zero-order valence-electron chi connectivity index (χ0n) is 12.3. The monoisotopic (exact) mass is 288 g/mol. The van der Waals surface area contributed by atoms with E-state index >= 15 is 0 Å². The maximum absolute atomic E-state index is 11.9.